The summed E-state index contributed by atoms with van der Waals surface area (Å²) in [4.78, 5) is 21.6. The molecule has 128 valence electrons. The standard InChI is InChI=1S/C16H21N7.HI/c1-13-4-2-5-18-14(13)12-21-15(17)22-8-10-23(11-9-22)16-19-6-3-7-20-16;/h2-7H,8-12H2,1H3,(H2,17,21);1H. The minimum Gasteiger partial charge on any atom is -0.370 e. The van der Waals surface area contributed by atoms with Crippen LogP contribution in [0.25, 0.3) is 0 Å². The minimum atomic E-state index is 0. The van der Waals surface area contributed by atoms with Gasteiger partial charge in [-0.15, -0.1) is 24.0 Å². The molecule has 1 aliphatic heterocycles. The predicted molar refractivity (Wildman–Crippen MR) is 106 cm³/mol. The molecule has 2 aromatic heterocycles. The lowest BCUT2D eigenvalue weighted by molar-refractivity contribution is 0.378. The molecule has 2 N–H and O–H groups in total. The van der Waals surface area contributed by atoms with Gasteiger partial charge < -0.3 is 15.5 Å². The summed E-state index contributed by atoms with van der Waals surface area (Å²) in [5.41, 5.74) is 8.23. The lowest BCUT2D eigenvalue weighted by Gasteiger charge is -2.35. The number of anilines is 1. The molecule has 0 saturated carbocycles. The molecule has 3 rings (SSSR count). The third kappa shape index (κ3) is 4.53. The maximum atomic E-state index is 6.13. The summed E-state index contributed by atoms with van der Waals surface area (Å²) in [7, 11) is 0. The van der Waals surface area contributed by atoms with E-state index in [9.17, 15) is 0 Å². The maximum absolute atomic E-state index is 6.13. The van der Waals surface area contributed by atoms with Crippen LogP contribution in [-0.4, -0.2) is 52.0 Å². The van der Waals surface area contributed by atoms with E-state index in [4.69, 9.17) is 5.73 Å². The number of aryl methyl sites for hydroxylation is 1. The smallest absolute Gasteiger partial charge is 0.225 e. The second kappa shape index (κ2) is 8.76. The first kappa shape index (κ1) is 18.4. The van der Waals surface area contributed by atoms with Crippen molar-refractivity contribution in [2.24, 2.45) is 10.7 Å². The van der Waals surface area contributed by atoms with Crippen LogP contribution in [0.2, 0.25) is 0 Å². The molecule has 0 amide bonds. The van der Waals surface area contributed by atoms with Crippen molar-refractivity contribution >= 4 is 35.9 Å². The van der Waals surface area contributed by atoms with Crippen LogP contribution < -0.4 is 10.6 Å². The Kier molecular flexibility index (Phi) is 6.71. The molecule has 2 aromatic rings. The second-order valence-corrected chi connectivity index (χ2v) is 5.46. The monoisotopic (exact) mass is 439 g/mol. The number of pyridine rings is 1. The zero-order valence-electron chi connectivity index (χ0n) is 13.7. The highest BCUT2D eigenvalue weighted by molar-refractivity contribution is 14.0. The Hall–Kier alpha value is -1.97. The van der Waals surface area contributed by atoms with Gasteiger partial charge >= 0.3 is 0 Å². The fourth-order valence-corrected chi connectivity index (χ4v) is 2.53. The number of nitrogens with two attached hydrogens (primary N) is 1. The number of rotatable bonds is 3. The minimum absolute atomic E-state index is 0. The number of aromatic nitrogens is 3. The maximum Gasteiger partial charge on any atom is 0.225 e. The second-order valence-electron chi connectivity index (χ2n) is 5.46. The lowest BCUT2D eigenvalue weighted by Crippen LogP contribution is -2.51. The van der Waals surface area contributed by atoms with Crippen LogP contribution in [0.1, 0.15) is 11.3 Å². The number of piperazine rings is 1. The van der Waals surface area contributed by atoms with Crippen LogP contribution in [0.3, 0.4) is 0 Å². The van der Waals surface area contributed by atoms with Gasteiger partial charge in [0.05, 0.1) is 12.2 Å². The molecule has 24 heavy (non-hydrogen) atoms. The van der Waals surface area contributed by atoms with Gasteiger partial charge in [0.15, 0.2) is 5.96 Å². The number of nitrogens with zero attached hydrogens (tertiary/aromatic N) is 6. The van der Waals surface area contributed by atoms with E-state index in [1.807, 2.05) is 25.1 Å². The van der Waals surface area contributed by atoms with Crippen molar-refractivity contribution in [2.45, 2.75) is 13.5 Å². The highest BCUT2D eigenvalue weighted by Gasteiger charge is 2.19. The molecule has 1 fully saturated rings. The van der Waals surface area contributed by atoms with E-state index in [-0.39, 0.29) is 24.0 Å². The first-order chi connectivity index (χ1) is 11.2. The van der Waals surface area contributed by atoms with Gasteiger partial charge in [0.25, 0.3) is 0 Å². The van der Waals surface area contributed by atoms with E-state index < -0.39 is 0 Å². The van der Waals surface area contributed by atoms with E-state index in [2.05, 4.69) is 29.7 Å². The van der Waals surface area contributed by atoms with Crippen molar-refractivity contribution in [1.29, 1.82) is 0 Å². The van der Waals surface area contributed by atoms with Gasteiger partial charge in [0, 0.05) is 44.8 Å². The average Bonchev–Trinajstić information content (AvgIpc) is 2.62. The van der Waals surface area contributed by atoms with Crippen molar-refractivity contribution < 1.29 is 0 Å². The van der Waals surface area contributed by atoms with Crippen molar-refractivity contribution in [3.63, 3.8) is 0 Å². The summed E-state index contributed by atoms with van der Waals surface area (Å²) < 4.78 is 0. The summed E-state index contributed by atoms with van der Waals surface area (Å²) in [5, 5.41) is 0. The summed E-state index contributed by atoms with van der Waals surface area (Å²) in [5.74, 6) is 1.34. The topological polar surface area (TPSA) is 83.5 Å². The zero-order valence-corrected chi connectivity index (χ0v) is 16.0. The molecule has 3 heterocycles. The molecule has 7 nitrogen and oxygen atoms in total. The van der Waals surface area contributed by atoms with Crippen molar-refractivity contribution in [3.05, 3.63) is 48.0 Å². The Morgan fingerprint density at radius 3 is 2.42 bits per heavy atom. The number of hydrogen-bond donors (Lipinski definition) is 1. The van der Waals surface area contributed by atoms with Crippen molar-refractivity contribution in [3.8, 4) is 0 Å². The summed E-state index contributed by atoms with van der Waals surface area (Å²) in [6, 6.07) is 5.79. The Bertz CT molecular complexity index is 669. The van der Waals surface area contributed by atoms with Crippen LogP contribution in [0.15, 0.2) is 41.8 Å². The Morgan fingerprint density at radius 1 is 1.08 bits per heavy atom. The molecular weight excluding hydrogens is 417 g/mol. The summed E-state index contributed by atoms with van der Waals surface area (Å²) in [6.45, 7) is 5.85. The predicted octanol–water partition coefficient (Wildman–Crippen LogP) is 1.43. The number of hydrogen-bond acceptors (Lipinski definition) is 5. The first-order valence-electron chi connectivity index (χ1n) is 7.71. The van der Waals surface area contributed by atoms with E-state index in [0.29, 0.717) is 12.5 Å². The van der Waals surface area contributed by atoms with Gasteiger partial charge in [0.1, 0.15) is 0 Å². The third-order valence-corrected chi connectivity index (χ3v) is 3.95. The molecule has 1 saturated heterocycles. The summed E-state index contributed by atoms with van der Waals surface area (Å²) >= 11 is 0. The van der Waals surface area contributed by atoms with Gasteiger partial charge in [-0.25, -0.2) is 15.0 Å². The van der Waals surface area contributed by atoms with Gasteiger partial charge in [-0.05, 0) is 24.6 Å². The van der Waals surface area contributed by atoms with Crippen LogP contribution in [0.4, 0.5) is 5.95 Å². The molecule has 0 atom stereocenters. The highest BCUT2D eigenvalue weighted by atomic mass is 127. The molecule has 1 aliphatic rings. The average molecular weight is 439 g/mol. The third-order valence-electron chi connectivity index (χ3n) is 3.95. The molecule has 0 unspecified atom stereocenters. The fraction of sp³-hybridized carbons (Fsp3) is 0.375. The molecule has 8 heteroatoms. The van der Waals surface area contributed by atoms with Crippen molar-refractivity contribution in [1.82, 2.24) is 19.9 Å². The molecule has 0 aliphatic carbocycles. The van der Waals surface area contributed by atoms with Crippen LogP contribution in [0, 0.1) is 6.92 Å². The van der Waals surface area contributed by atoms with E-state index in [1.165, 1.54) is 0 Å². The number of halogens is 1. The van der Waals surface area contributed by atoms with Gasteiger partial charge in [-0.2, -0.15) is 0 Å². The Balaban J connectivity index is 0.00000208. The molecule has 0 aromatic carbocycles. The molecular formula is C16H22IN7. The van der Waals surface area contributed by atoms with Crippen LogP contribution in [0.5, 0.6) is 0 Å². The van der Waals surface area contributed by atoms with Crippen molar-refractivity contribution in [2.75, 3.05) is 31.1 Å². The van der Waals surface area contributed by atoms with Crippen LogP contribution in [-0.2, 0) is 6.54 Å². The molecule has 0 radical (unpaired) electrons. The largest absolute Gasteiger partial charge is 0.370 e. The van der Waals surface area contributed by atoms with Gasteiger partial charge in [-0.3, -0.25) is 4.98 Å². The highest BCUT2D eigenvalue weighted by Crippen LogP contribution is 2.10. The van der Waals surface area contributed by atoms with Gasteiger partial charge in [-0.1, -0.05) is 6.07 Å². The molecule has 0 spiro atoms. The number of guanidine groups is 1. The van der Waals surface area contributed by atoms with E-state index >= 15 is 0 Å². The van der Waals surface area contributed by atoms with Crippen LogP contribution >= 0.6 is 24.0 Å². The first-order valence-corrected chi connectivity index (χ1v) is 7.71. The van der Waals surface area contributed by atoms with Gasteiger partial charge in [0.2, 0.25) is 5.95 Å². The Labute approximate surface area is 159 Å². The zero-order chi connectivity index (χ0) is 16.1. The fourth-order valence-electron chi connectivity index (χ4n) is 2.53. The Morgan fingerprint density at radius 2 is 1.75 bits per heavy atom. The summed E-state index contributed by atoms with van der Waals surface area (Å²) in [6.07, 6.45) is 5.31. The number of aliphatic imine (C=N–C) groups is 1. The normalized spacial score (nSPS) is 15.1. The quantitative estimate of drug-likeness (QED) is 0.443. The SMILES string of the molecule is Cc1cccnc1CN=C(N)N1CCN(c2ncccn2)CC1.I. The van der Waals surface area contributed by atoms with E-state index in [0.717, 1.165) is 43.4 Å². The lowest BCUT2D eigenvalue weighted by atomic mass is 10.2. The van der Waals surface area contributed by atoms with E-state index in [1.54, 1.807) is 18.6 Å². The molecule has 0 bridgehead atoms.